The molecule has 2 aromatic heterocycles. The molecular weight excluding hydrogens is 388 g/mol. The van der Waals surface area contributed by atoms with Crippen LogP contribution in [0.1, 0.15) is 40.7 Å². The minimum absolute atomic E-state index is 0.122. The van der Waals surface area contributed by atoms with Crippen LogP contribution in [0.25, 0.3) is 0 Å². The van der Waals surface area contributed by atoms with Crippen molar-refractivity contribution in [1.29, 1.82) is 5.26 Å². The maximum atomic E-state index is 12.3. The van der Waals surface area contributed by atoms with Crippen LogP contribution in [-0.4, -0.2) is 33.6 Å². The number of nitrogens with zero attached hydrogens (tertiary/aromatic N) is 3. The summed E-state index contributed by atoms with van der Waals surface area (Å²) in [6.45, 7) is 0. The van der Waals surface area contributed by atoms with Gasteiger partial charge < -0.3 is 15.2 Å². The molecule has 8 heteroatoms. The van der Waals surface area contributed by atoms with Crippen LogP contribution in [0.3, 0.4) is 0 Å². The molecule has 1 aliphatic carbocycles. The molecular formula is C17H15BrN4O3. The van der Waals surface area contributed by atoms with Gasteiger partial charge in [0.05, 0.1) is 18.9 Å². The molecule has 2 heterocycles. The molecule has 0 aliphatic heterocycles. The SMILES string of the molecule is COc1cc(C(=O)NC2(C#N)CC2)ncc1C(O)c1cccc(Br)n1. The Morgan fingerprint density at radius 3 is 2.88 bits per heavy atom. The first-order chi connectivity index (χ1) is 12.0. The second kappa shape index (κ2) is 6.78. The predicted octanol–water partition coefficient (Wildman–Crippen LogP) is 2.12. The minimum atomic E-state index is -1.05. The van der Waals surface area contributed by atoms with Crippen molar-refractivity contribution < 1.29 is 14.6 Å². The topological polar surface area (TPSA) is 108 Å². The number of nitriles is 1. The highest BCUT2D eigenvalue weighted by atomic mass is 79.9. The quantitative estimate of drug-likeness (QED) is 0.741. The number of aliphatic hydroxyl groups is 1. The van der Waals surface area contributed by atoms with E-state index in [1.165, 1.54) is 19.4 Å². The summed E-state index contributed by atoms with van der Waals surface area (Å²) in [6, 6.07) is 8.73. The van der Waals surface area contributed by atoms with Crippen molar-refractivity contribution >= 4 is 21.8 Å². The summed E-state index contributed by atoms with van der Waals surface area (Å²) >= 11 is 3.26. The van der Waals surface area contributed by atoms with E-state index in [0.29, 0.717) is 34.5 Å². The maximum absolute atomic E-state index is 12.3. The smallest absolute Gasteiger partial charge is 0.271 e. The lowest BCUT2D eigenvalue weighted by molar-refractivity contribution is 0.0935. The highest BCUT2D eigenvalue weighted by molar-refractivity contribution is 9.10. The van der Waals surface area contributed by atoms with Crippen molar-refractivity contribution in [2.24, 2.45) is 0 Å². The van der Waals surface area contributed by atoms with Crippen LogP contribution in [-0.2, 0) is 0 Å². The van der Waals surface area contributed by atoms with E-state index in [2.05, 4.69) is 37.3 Å². The molecule has 2 aromatic rings. The normalized spacial score (nSPS) is 15.8. The fourth-order valence-electron chi connectivity index (χ4n) is 2.36. The highest BCUT2D eigenvalue weighted by Gasteiger charge is 2.45. The predicted molar refractivity (Wildman–Crippen MR) is 91.8 cm³/mol. The van der Waals surface area contributed by atoms with E-state index >= 15 is 0 Å². The van der Waals surface area contributed by atoms with Crippen LogP contribution in [0.15, 0.2) is 35.1 Å². The van der Waals surface area contributed by atoms with E-state index in [4.69, 9.17) is 10.00 Å². The first kappa shape index (κ1) is 17.3. The van der Waals surface area contributed by atoms with Crippen molar-refractivity contribution in [3.05, 3.63) is 52.0 Å². The van der Waals surface area contributed by atoms with E-state index in [9.17, 15) is 9.90 Å². The number of carbonyl (C=O) groups is 1. The molecule has 0 spiro atoms. The molecule has 1 amide bonds. The number of nitrogens with one attached hydrogen (secondary N) is 1. The molecule has 128 valence electrons. The average molecular weight is 403 g/mol. The fourth-order valence-corrected chi connectivity index (χ4v) is 2.72. The van der Waals surface area contributed by atoms with Gasteiger partial charge in [-0.2, -0.15) is 5.26 Å². The van der Waals surface area contributed by atoms with Gasteiger partial charge in [-0.3, -0.25) is 9.78 Å². The largest absolute Gasteiger partial charge is 0.496 e. The second-order valence-corrected chi connectivity index (χ2v) is 6.56. The van der Waals surface area contributed by atoms with Gasteiger partial charge in [0.2, 0.25) is 0 Å². The van der Waals surface area contributed by atoms with E-state index < -0.39 is 17.6 Å². The zero-order valence-electron chi connectivity index (χ0n) is 13.4. The number of amides is 1. The van der Waals surface area contributed by atoms with Gasteiger partial charge in [0.15, 0.2) is 0 Å². The third-order valence-electron chi connectivity index (χ3n) is 3.98. The Hall–Kier alpha value is -2.50. The van der Waals surface area contributed by atoms with Crippen LogP contribution >= 0.6 is 15.9 Å². The van der Waals surface area contributed by atoms with Gasteiger partial charge >= 0.3 is 0 Å². The Morgan fingerprint density at radius 1 is 1.52 bits per heavy atom. The molecule has 1 aliphatic rings. The number of aromatic nitrogens is 2. The Kier molecular flexibility index (Phi) is 4.70. The Morgan fingerprint density at radius 2 is 2.28 bits per heavy atom. The standard InChI is InChI=1S/C17H15BrN4O3/c1-25-13-7-12(16(24)22-17(9-19)5-6-17)20-8-10(13)15(23)11-3-2-4-14(18)21-11/h2-4,7-8,15,23H,5-6H2,1H3,(H,22,24). The van der Waals surface area contributed by atoms with E-state index in [-0.39, 0.29) is 5.69 Å². The summed E-state index contributed by atoms with van der Waals surface area (Å²) in [5.74, 6) is -0.129. The molecule has 1 fully saturated rings. The number of halogens is 1. The van der Waals surface area contributed by atoms with Gasteiger partial charge in [-0.1, -0.05) is 6.07 Å². The number of carbonyl (C=O) groups excluding carboxylic acids is 1. The van der Waals surface area contributed by atoms with Gasteiger partial charge in [0.1, 0.15) is 27.7 Å². The van der Waals surface area contributed by atoms with Crippen LogP contribution in [0.2, 0.25) is 0 Å². The van der Waals surface area contributed by atoms with Crippen molar-refractivity contribution in [3.8, 4) is 11.8 Å². The van der Waals surface area contributed by atoms with Gasteiger partial charge in [0, 0.05) is 17.8 Å². The third kappa shape index (κ3) is 3.62. The van der Waals surface area contributed by atoms with Gasteiger partial charge in [-0.25, -0.2) is 4.98 Å². The third-order valence-corrected chi connectivity index (χ3v) is 4.42. The van der Waals surface area contributed by atoms with E-state index in [1.54, 1.807) is 18.2 Å². The van der Waals surface area contributed by atoms with Crippen molar-refractivity contribution in [1.82, 2.24) is 15.3 Å². The molecule has 2 N–H and O–H groups in total. The lowest BCUT2D eigenvalue weighted by Crippen LogP contribution is -2.36. The number of ether oxygens (including phenoxy) is 1. The number of pyridine rings is 2. The first-order valence-electron chi connectivity index (χ1n) is 7.56. The number of rotatable bonds is 5. The Labute approximate surface area is 152 Å². The average Bonchev–Trinajstić information content (AvgIpc) is 3.40. The van der Waals surface area contributed by atoms with E-state index in [1.807, 2.05) is 0 Å². The minimum Gasteiger partial charge on any atom is -0.496 e. The molecule has 0 radical (unpaired) electrons. The van der Waals surface area contributed by atoms with Crippen molar-refractivity contribution in [2.75, 3.05) is 7.11 Å². The van der Waals surface area contributed by atoms with Gasteiger partial charge in [0.25, 0.3) is 5.91 Å². The number of methoxy groups -OCH3 is 1. The van der Waals surface area contributed by atoms with Gasteiger partial charge in [-0.05, 0) is 40.9 Å². The summed E-state index contributed by atoms with van der Waals surface area (Å²) in [7, 11) is 1.44. The summed E-state index contributed by atoms with van der Waals surface area (Å²) in [5.41, 5.74) is 0.167. The molecule has 0 aromatic carbocycles. The molecule has 3 rings (SSSR count). The molecule has 0 bridgehead atoms. The highest BCUT2D eigenvalue weighted by Crippen LogP contribution is 2.35. The summed E-state index contributed by atoms with van der Waals surface area (Å²) in [5, 5.41) is 22.3. The zero-order chi connectivity index (χ0) is 18.0. The van der Waals surface area contributed by atoms with Crippen molar-refractivity contribution in [2.45, 2.75) is 24.5 Å². The Bertz CT molecular complexity index is 861. The van der Waals surface area contributed by atoms with Crippen molar-refractivity contribution in [3.63, 3.8) is 0 Å². The molecule has 1 saturated carbocycles. The fraction of sp³-hybridized carbons (Fsp3) is 0.294. The molecule has 25 heavy (non-hydrogen) atoms. The van der Waals surface area contributed by atoms with Crippen LogP contribution in [0, 0.1) is 11.3 Å². The molecule has 7 nitrogen and oxygen atoms in total. The molecule has 0 saturated heterocycles. The van der Waals surface area contributed by atoms with E-state index in [0.717, 1.165) is 0 Å². The molecule has 1 unspecified atom stereocenters. The summed E-state index contributed by atoms with van der Waals surface area (Å²) in [4.78, 5) is 20.6. The van der Waals surface area contributed by atoms with Gasteiger partial charge in [-0.15, -0.1) is 0 Å². The number of hydrogen-bond acceptors (Lipinski definition) is 6. The zero-order valence-corrected chi connectivity index (χ0v) is 14.9. The van der Waals surface area contributed by atoms with Crippen LogP contribution in [0.4, 0.5) is 0 Å². The first-order valence-corrected chi connectivity index (χ1v) is 8.35. The van der Waals surface area contributed by atoms with Crippen LogP contribution < -0.4 is 10.1 Å². The monoisotopic (exact) mass is 402 g/mol. The maximum Gasteiger partial charge on any atom is 0.271 e. The lowest BCUT2D eigenvalue weighted by atomic mass is 10.1. The lowest BCUT2D eigenvalue weighted by Gasteiger charge is -2.15. The summed E-state index contributed by atoms with van der Waals surface area (Å²) in [6.07, 6.45) is 1.61. The number of aliphatic hydroxyl groups excluding tert-OH is 1. The second-order valence-electron chi connectivity index (χ2n) is 5.75. The number of hydrogen-bond donors (Lipinski definition) is 2. The summed E-state index contributed by atoms with van der Waals surface area (Å²) < 4.78 is 5.89. The van der Waals surface area contributed by atoms with Crippen LogP contribution in [0.5, 0.6) is 5.75 Å². The molecule has 1 atom stereocenters. The Balaban J connectivity index is 1.87.